The van der Waals surface area contributed by atoms with Gasteiger partial charge in [-0.05, 0) is 13.0 Å². The first kappa shape index (κ1) is 14.5. The van der Waals surface area contributed by atoms with Crippen molar-refractivity contribution in [1.82, 2.24) is 14.8 Å². The Balaban J connectivity index is 2.46. The van der Waals surface area contributed by atoms with Crippen molar-refractivity contribution in [2.24, 2.45) is 5.73 Å². The molecule has 0 amide bonds. The van der Waals surface area contributed by atoms with Crippen molar-refractivity contribution in [3.8, 4) is 0 Å². The van der Waals surface area contributed by atoms with E-state index in [1.165, 1.54) is 24.3 Å². The molecule has 0 aliphatic heterocycles. The largest absolute Gasteiger partial charge is 0.389 e. The van der Waals surface area contributed by atoms with Crippen LogP contribution in [0.25, 0.3) is 0 Å². The normalized spacial score (nSPS) is 14.0. The van der Waals surface area contributed by atoms with E-state index in [2.05, 4.69) is 22.3 Å². The number of benzene rings is 1. The Morgan fingerprint density at radius 1 is 1.50 bits per heavy atom. The van der Waals surface area contributed by atoms with Crippen LogP contribution in [0.3, 0.4) is 0 Å². The molecule has 0 aliphatic carbocycles. The van der Waals surface area contributed by atoms with Gasteiger partial charge in [0.25, 0.3) is 0 Å². The maximum Gasteiger partial charge on any atom is 0.142 e. The average molecular weight is 298 g/mol. The number of nitrogens with two attached hydrogens (primary N) is 1. The summed E-state index contributed by atoms with van der Waals surface area (Å²) in [5, 5.41) is 14.2. The molecule has 2 aromatic rings. The molecule has 5 nitrogen and oxygen atoms in total. The molecule has 1 unspecified atom stereocenters. The first-order valence-corrected chi connectivity index (χ1v) is 6.07. The molecule has 3 N–H and O–H groups in total. The van der Waals surface area contributed by atoms with Crippen LogP contribution in [0, 0.1) is 11.6 Å². The fourth-order valence-electron chi connectivity index (χ4n) is 1.91. The number of rotatable bonds is 4. The Morgan fingerprint density at radius 2 is 2.20 bits per heavy atom. The number of nitrogens with zero attached hydrogens (tertiary/aromatic N) is 3. The van der Waals surface area contributed by atoms with Crippen molar-refractivity contribution in [3.05, 3.63) is 47.5 Å². The molecule has 0 spiro atoms. The third-order valence-corrected chi connectivity index (χ3v) is 3.06. The third-order valence-electron chi connectivity index (χ3n) is 2.85. The summed E-state index contributed by atoms with van der Waals surface area (Å²) in [6, 6.07) is 2.17. The van der Waals surface area contributed by atoms with Crippen LogP contribution in [0.1, 0.15) is 18.1 Å². The number of hydrogen-bond donors (Lipinski definition) is 2. The Hall–Kier alpha value is -1.93. The van der Waals surface area contributed by atoms with Crippen LogP contribution in [0.4, 0.5) is 8.78 Å². The first-order chi connectivity index (χ1) is 9.33. The molecule has 0 saturated heterocycles. The fraction of sp³-hybridized carbons (Fsp3) is 0.250. The van der Waals surface area contributed by atoms with E-state index in [4.69, 9.17) is 5.73 Å². The van der Waals surface area contributed by atoms with Gasteiger partial charge in [0.1, 0.15) is 34.9 Å². The summed E-state index contributed by atoms with van der Waals surface area (Å²) in [5.74, 6) is -1.84. The van der Waals surface area contributed by atoms with Crippen LogP contribution in [0.15, 0.2) is 24.8 Å². The van der Waals surface area contributed by atoms with Gasteiger partial charge in [-0.25, -0.2) is 18.4 Å². The summed E-state index contributed by atoms with van der Waals surface area (Å²) >= 11 is 4.62. The minimum Gasteiger partial charge on any atom is -0.389 e. The number of aromatic nitrogens is 3. The second kappa shape index (κ2) is 5.22. The highest BCUT2D eigenvalue weighted by Crippen LogP contribution is 2.28. The van der Waals surface area contributed by atoms with Crippen LogP contribution in [-0.4, -0.2) is 24.9 Å². The molecule has 1 aromatic heterocycles. The molecular weight excluding hydrogens is 286 g/mol. The molecule has 2 rings (SSSR count). The van der Waals surface area contributed by atoms with E-state index >= 15 is 0 Å². The lowest BCUT2D eigenvalue weighted by atomic mass is 9.93. The smallest absolute Gasteiger partial charge is 0.142 e. The lowest BCUT2D eigenvalue weighted by Crippen LogP contribution is -2.30. The molecule has 1 heterocycles. The molecule has 0 aliphatic rings. The van der Waals surface area contributed by atoms with Gasteiger partial charge in [0.15, 0.2) is 0 Å². The molecule has 20 heavy (non-hydrogen) atoms. The Labute approximate surface area is 119 Å². The van der Waals surface area contributed by atoms with Crippen molar-refractivity contribution in [1.29, 1.82) is 0 Å². The Bertz CT molecular complexity index is 643. The number of hydrogen-bond acceptors (Lipinski definition) is 4. The van der Waals surface area contributed by atoms with E-state index in [0.717, 1.165) is 12.1 Å². The van der Waals surface area contributed by atoms with Gasteiger partial charge >= 0.3 is 0 Å². The summed E-state index contributed by atoms with van der Waals surface area (Å²) in [6.07, 6.45) is 2.67. The van der Waals surface area contributed by atoms with Gasteiger partial charge < -0.3 is 10.8 Å². The lowest BCUT2D eigenvalue weighted by molar-refractivity contribution is 0.0309. The quantitative estimate of drug-likeness (QED) is 0.827. The van der Waals surface area contributed by atoms with Gasteiger partial charge in [0.05, 0.1) is 12.1 Å². The molecule has 0 radical (unpaired) electrons. The predicted octanol–water partition coefficient (Wildman–Crippen LogP) is 1.10. The second-order valence-electron chi connectivity index (χ2n) is 4.52. The zero-order valence-electron chi connectivity index (χ0n) is 10.5. The van der Waals surface area contributed by atoms with Gasteiger partial charge in [-0.2, -0.15) is 5.10 Å². The summed E-state index contributed by atoms with van der Waals surface area (Å²) in [4.78, 5) is 3.32. The van der Waals surface area contributed by atoms with Crippen molar-refractivity contribution < 1.29 is 13.9 Å². The highest BCUT2D eigenvalue weighted by molar-refractivity contribution is 7.80. The molecule has 0 fully saturated rings. The van der Waals surface area contributed by atoms with Crippen LogP contribution >= 0.6 is 12.2 Å². The number of thiocarbonyl (C=S) groups is 1. The van der Waals surface area contributed by atoms with E-state index < -0.39 is 27.8 Å². The first-order valence-electron chi connectivity index (χ1n) is 5.66. The Morgan fingerprint density at radius 3 is 2.75 bits per heavy atom. The number of halogens is 2. The van der Waals surface area contributed by atoms with E-state index in [1.807, 2.05) is 0 Å². The van der Waals surface area contributed by atoms with Crippen LogP contribution in [-0.2, 0) is 12.1 Å². The third kappa shape index (κ3) is 2.66. The van der Waals surface area contributed by atoms with E-state index in [-0.39, 0.29) is 12.1 Å². The highest BCUT2D eigenvalue weighted by Gasteiger charge is 2.30. The highest BCUT2D eigenvalue weighted by atomic mass is 32.1. The van der Waals surface area contributed by atoms with Crippen molar-refractivity contribution >= 4 is 17.2 Å². The minimum absolute atomic E-state index is 0.0493. The van der Waals surface area contributed by atoms with Crippen molar-refractivity contribution in [2.45, 2.75) is 19.1 Å². The maximum atomic E-state index is 14.3. The van der Waals surface area contributed by atoms with E-state index in [0.29, 0.717) is 0 Å². The topological polar surface area (TPSA) is 77.0 Å². The Kier molecular flexibility index (Phi) is 3.78. The molecule has 1 atom stereocenters. The van der Waals surface area contributed by atoms with E-state index in [9.17, 15) is 13.9 Å². The average Bonchev–Trinajstić information content (AvgIpc) is 2.79. The van der Waals surface area contributed by atoms with Crippen LogP contribution < -0.4 is 5.73 Å². The molecule has 0 saturated carbocycles. The van der Waals surface area contributed by atoms with Gasteiger partial charge in [-0.1, -0.05) is 18.3 Å². The molecular formula is C12H12F2N4OS. The lowest BCUT2D eigenvalue weighted by Gasteiger charge is -2.25. The monoisotopic (exact) mass is 298 g/mol. The second-order valence-corrected chi connectivity index (χ2v) is 4.95. The maximum absolute atomic E-state index is 14.3. The van der Waals surface area contributed by atoms with Crippen LogP contribution in [0.5, 0.6) is 0 Å². The summed E-state index contributed by atoms with van der Waals surface area (Å²) in [5.41, 5.74) is 3.07. The van der Waals surface area contributed by atoms with Gasteiger partial charge in [0, 0.05) is 5.56 Å². The number of aliphatic hydroxyl groups is 1. The fourth-order valence-corrected chi connectivity index (χ4v) is 2.10. The molecule has 1 aromatic carbocycles. The molecule has 0 bridgehead atoms. The summed E-state index contributed by atoms with van der Waals surface area (Å²) in [6.45, 7) is 1.33. The van der Waals surface area contributed by atoms with Crippen LogP contribution in [0.2, 0.25) is 0 Å². The standard InChI is InChI=1S/C12H12F2N4OS/c1-12(19,4-18-6-16-5-17-18)7-2-3-8(13)9(10(7)14)11(15)20/h2-3,5-6,19H,4H2,1H3,(H2,15,20). The summed E-state index contributed by atoms with van der Waals surface area (Å²) in [7, 11) is 0. The molecule has 106 valence electrons. The summed E-state index contributed by atoms with van der Waals surface area (Å²) < 4.78 is 29.2. The SMILES string of the molecule is CC(O)(Cn1cncn1)c1ccc(F)c(C(N)=S)c1F. The minimum atomic E-state index is -1.62. The predicted molar refractivity (Wildman–Crippen MR) is 71.8 cm³/mol. The van der Waals surface area contributed by atoms with E-state index in [1.54, 1.807) is 0 Å². The van der Waals surface area contributed by atoms with Crippen molar-refractivity contribution in [3.63, 3.8) is 0 Å². The van der Waals surface area contributed by atoms with Gasteiger partial charge in [0.2, 0.25) is 0 Å². The van der Waals surface area contributed by atoms with Gasteiger partial charge in [-0.15, -0.1) is 0 Å². The van der Waals surface area contributed by atoms with Gasteiger partial charge in [-0.3, -0.25) is 0 Å². The zero-order valence-corrected chi connectivity index (χ0v) is 11.4. The zero-order chi connectivity index (χ0) is 14.9. The molecule has 8 heteroatoms. The van der Waals surface area contributed by atoms with Crippen molar-refractivity contribution in [2.75, 3.05) is 0 Å².